The summed E-state index contributed by atoms with van der Waals surface area (Å²) in [6.45, 7) is 2.70. The monoisotopic (exact) mass is 262 g/mol. The van der Waals surface area contributed by atoms with Crippen molar-refractivity contribution in [2.45, 2.75) is 51.0 Å². The highest BCUT2D eigenvalue weighted by Crippen LogP contribution is 2.42. The summed E-state index contributed by atoms with van der Waals surface area (Å²) in [6.07, 6.45) is 8.22. The molecule has 0 amide bonds. The van der Waals surface area contributed by atoms with Crippen LogP contribution in [0.15, 0.2) is 6.20 Å². The number of ether oxygens (including phenoxy) is 1. The van der Waals surface area contributed by atoms with E-state index in [2.05, 4.69) is 5.10 Å². The van der Waals surface area contributed by atoms with Crippen LogP contribution in [0.4, 0.5) is 0 Å². The fraction of sp³-hybridized carbons (Fsp3) is 0.733. The van der Waals surface area contributed by atoms with E-state index in [0.29, 0.717) is 0 Å². The molecule has 4 nitrogen and oxygen atoms in total. The Kier molecular flexibility index (Phi) is 3.21. The smallest absolute Gasteiger partial charge is 0.169 e. The van der Waals surface area contributed by atoms with Crippen LogP contribution in [0.2, 0.25) is 0 Å². The topological polar surface area (TPSA) is 44.1 Å². The van der Waals surface area contributed by atoms with Gasteiger partial charge in [0, 0.05) is 25.3 Å². The first-order chi connectivity index (χ1) is 9.11. The Hall–Kier alpha value is -1.16. The number of carbonyl (C=O) groups is 1. The minimum absolute atomic E-state index is 0.00862. The Labute approximate surface area is 114 Å². The van der Waals surface area contributed by atoms with E-state index in [1.807, 2.05) is 14.0 Å². The van der Waals surface area contributed by atoms with Crippen LogP contribution >= 0.6 is 0 Å². The maximum Gasteiger partial charge on any atom is 0.169 e. The van der Waals surface area contributed by atoms with Gasteiger partial charge in [0.2, 0.25) is 0 Å². The van der Waals surface area contributed by atoms with Crippen LogP contribution in [0.1, 0.15) is 54.6 Å². The van der Waals surface area contributed by atoms with Crippen molar-refractivity contribution in [1.82, 2.24) is 9.78 Å². The highest BCUT2D eigenvalue weighted by atomic mass is 16.5. The van der Waals surface area contributed by atoms with Gasteiger partial charge in [0.1, 0.15) is 0 Å². The summed E-state index contributed by atoms with van der Waals surface area (Å²) >= 11 is 0. The molecule has 4 heteroatoms. The molecule has 1 aliphatic carbocycles. The Morgan fingerprint density at radius 1 is 1.47 bits per heavy atom. The quantitative estimate of drug-likeness (QED) is 0.770. The van der Waals surface area contributed by atoms with E-state index in [9.17, 15) is 4.79 Å². The number of hydrogen-bond donors (Lipinski definition) is 0. The van der Waals surface area contributed by atoms with Gasteiger partial charge < -0.3 is 4.74 Å². The number of aromatic nitrogens is 2. The molecule has 104 valence electrons. The summed E-state index contributed by atoms with van der Waals surface area (Å²) in [5.74, 6) is 0.384. The normalized spacial score (nSPS) is 25.9. The van der Waals surface area contributed by atoms with Crippen molar-refractivity contribution in [1.29, 1.82) is 0 Å². The Morgan fingerprint density at radius 3 is 2.84 bits per heavy atom. The molecule has 1 spiro atoms. The third-order valence-corrected chi connectivity index (χ3v) is 4.88. The van der Waals surface area contributed by atoms with Crippen LogP contribution in [-0.2, 0) is 11.8 Å². The van der Waals surface area contributed by atoms with Crippen LogP contribution in [0.3, 0.4) is 0 Å². The Bertz CT molecular complexity index is 486. The predicted octanol–water partition coefficient (Wildman–Crippen LogP) is 2.65. The molecule has 1 saturated heterocycles. The number of rotatable bonds is 2. The third kappa shape index (κ3) is 2.22. The number of hydrogen-bond acceptors (Lipinski definition) is 3. The maximum absolute atomic E-state index is 12.7. The molecule has 2 heterocycles. The van der Waals surface area contributed by atoms with E-state index in [4.69, 9.17) is 4.74 Å². The molecule has 19 heavy (non-hydrogen) atoms. The molecular weight excluding hydrogens is 240 g/mol. The van der Waals surface area contributed by atoms with Crippen molar-refractivity contribution in [3.8, 4) is 0 Å². The average Bonchev–Trinajstić information content (AvgIpc) is 2.98. The predicted molar refractivity (Wildman–Crippen MR) is 72.2 cm³/mol. The SMILES string of the molecule is Cc1c(C(=O)C2CCOC3(CCCC3)C2)cnn1C. The first kappa shape index (κ1) is 12.9. The van der Waals surface area contributed by atoms with Gasteiger partial charge in [0.05, 0.1) is 17.4 Å². The fourth-order valence-corrected chi connectivity index (χ4v) is 3.58. The first-order valence-electron chi connectivity index (χ1n) is 7.28. The first-order valence-corrected chi connectivity index (χ1v) is 7.28. The van der Waals surface area contributed by atoms with Gasteiger partial charge in [-0.1, -0.05) is 12.8 Å². The van der Waals surface area contributed by atoms with Crippen molar-refractivity contribution in [2.75, 3.05) is 6.61 Å². The fourth-order valence-electron chi connectivity index (χ4n) is 3.58. The van der Waals surface area contributed by atoms with Crippen molar-refractivity contribution in [3.63, 3.8) is 0 Å². The second kappa shape index (κ2) is 4.75. The van der Waals surface area contributed by atoms with Gasteiger partial charge >= 0.3 is 0 Å². The number of ketones is 1. The lowest BCUT2D eigenvalue weighted by Gasteiger charge is -2.37. The zero-order chi connectivity index (χ0) is 13.5. The van der Waals surface area contributed by atoms with Crippen LogP contribution in [-0.4, -0.2) is 27.8 Å². The highest BCUT2D eigenvalue weighted by Gasteiger charge is 2.42. The van der Waals surface area contributed by atoms with Gasteiger partial charge in [-0.05, 0) is 32.6 Å². The van der Waals surface area contributed by atoms with E-state index >= 15 is 0 Å². The highest BCUT2D eigenvalue weighted by molar-refractivity contribution is 5.98. The molecule has 1 aliphatic heterocycles. The summed E-state index contributed by atoms with van der Waals surface area (Å²) in [5.41, 5.74) is 1.77. The molecule has 0 bridgehead atoms. The number of carbonyl (C=O) groups excluding carboxylic acids is 1. The van der Waals surface area contributed by atoms with E-state index in [1.165, 1.54) is 12.8 Å². The summed E-state index contributed by atoms with van der Waals surface area (Å²) < 4.78 is 7.78. The van der Waals surface area contributed by atoms with Crippen molar-refractivity contribution >= 4 is 5.78 Å². The molecular formula is C15H22N2O2. The average molecular weight is 262 g/mol. The molecule has 2 fully saturated rings. The molecule has 2 aliphatic rings. The van der Waals surface area contributed by atoms with Gasteiger partial charge in [-0.3, -0.25) is 9.48 Å². The van der Waals surface area contributed by atoms with Crippen LogP contribution < -0.4 is 0 Å². The maximum atomic E-state index is 12.7. The van der Waals surface area contributed by atoms with Crippen molar-refractivity contribution < 1.29 is 9.53 Å². The summed E-state index contributed by atoms with van der Waals surface area (Å²) in [5, 5.41) is 4.19. The lowest BCUT2D eigenvalue weighted by Crippen LogP contribution is -2.39. The summed E-state index contributed by atoms with van der Waals surface area (Å²) in [4.78, 5) is 12.7. The van der Waals surface area contributed by atoms with Gasteiger partial charge in [-0.15, -0.1) is 0 Å². The van der Waals surface area contributed by atoms with Crippen molar-refractivity contribution in [3.05, 3.63) is 17.5 Å². The lowest BCUT2D eigenvalue weighted by molar-refractivity contribution is -0.0866. The van der Waals surface area contributed by atoms with Crippen LogP contribution in [0.25, 0.3) is 0 Å². The van der Waals surface area contributed by atoms with Gasteiger partial charge in [-0.25, -0.2) is 0 Å². The second-order valence-corrected chi connectivity index (χ2v) is 6.06. The molecule has 1 aromatic rings. The molecule has 1 atom stereocenters. The van der Waals surface area contributed by atoms with Crippen LogP contribution in [0, 0.1) is 12.8 Å². The molecule has 3 rings (SSSR count). The summed E-state index contributed by atoms with van der Waals surface area (Å²) in [7, 11) is 1.88. The van der Waals surface area contributed by atoms with E-state index < -0.39 is 0 Å². The largest absolute Gasteiger partial charge is 0.375 e. The van der Waals surface area contributed by atoms with Gasteiger partial charge in [0.25, 0.3) is 0 Å². The number of nitrogens with zero attached hydrogens (tertiary/aromatic N) is 2. The lowest BCUT2D eigenvalue weighted by atomic mass is 9.81. The van der Waals surface area contributed by atoms with Crippen molar-refractivity contribution in [2.24, 2.45) is 13.0 Å². The van der Waals surface area contributed by atoms with Gasteiger partial charge in [-0.2, -0.15) is 5.10 Å². The number of aryl methyl sites for hydroxylation is 1. The standard InChI is InChI=1S/C15H22N2O2/c1-11-13(10-16-17(11)2)14(18)12-5-8-19-15(9-12)6-3-4-7-15/h10,12H,3-9H2,1-2H3. The summed E-state index contributed by atoms with van der Waals surface area (Å²) in [6, 6.07) is 0. The minimum atomic E-state index is 0.00862. The molecule has 1 saturated carbocycles. The molecule has 0 radical (unpaired) electrons. The van der Waals surface area contributed by atoms with Gasteiger partial charge in [0.15, 0.2) is 5.78 Å². The third-order valence-electron chi connectivity index (χ3n) is 4.88. The number of Topliss-reactive ketones (excluding diaryl/α,β-unsaturated/α-hetero) is 1. The Morgan fingerprint density at radius 2 is 2.21 bits per heavy atom. The van der Waals surface area contributed by atoms with E-state index in [-0.39, 0.29) is 17.3 Å². The zero-order valence-corrected chi connectivity index (χ0v) is 11.8. The Balaban J connectivity index is 1.78. The zero-order valence-electron chi connectivity index (χ0n) is 11.8. The minimum Gasteiger partial charge on any atom is -0.375 e. The van der Waals surface area contributed by atoms with E-state index in [0.717, 1.165) is 43.5 Å². The molecule has 0 N–H and O–H groups in total. The van der Waals surface area contributed by atoms with E-state index in [1.54, 1.807) is 10.9 Å². The molecule has 0 aromatic carbocycles. The van der Waals surface area contributed by atoms with Crippen LogP contribution in [0.5, 0.6) is 0 Å². The molecule has 1 unspecified atom stereocenters. The second-order valence-electron chi connectivity index (χ2n) is 6.06. The molecule has 1 aromatic heterocycles.